The van der Waals surface area contributed by atoms with Crippen molar-refractivity contribution in [1.29, 1.82) is 0 Å². The summed E-state index contributed by atoms with van der Waals surface area (Å²) in [6.07, 6.45) is 1.89. The van der Waals surface area contributed by atoms with E-state index in [9.17, 15) is 9.59 Å². The highest BCUT2D eigenvalue weighted by Crippen LogP contribution is 2.23. The van der Waals surface area contributed by atoms with Crippen LogP contribution < -0.4 is 21.9 Å². The number of piperidine rings is 1. The first-order chi connectivity index (χ1) is 17.3. The summed E-state index contributed by atoms with van der Waals surface area (Å²) in [5.41, 5.74) is 9.91. The number of hydrogen-bond donors (Lipinski definition) is 1. The van der Waals surface area contributed by atoms with E-state index in [0.29, 0.717) is 35.7 Å². The second kappa shape index (κ2) is 9.24. The summed E-state index contributed by atoms with van der Waals surface area (Å²) in [6, 6.07) is 5.66. The molecule has 186 valence electrons. The van der Waals surface area contributed by atoms with Crippen LogP contribution in [0.2, 0.25) is 0 Å². The second-order valence-corrected chi connectivity index (χ2v) is 9.36. The van der Waals surface area contributed by atoms with Crippen molar-refractivity contribution in [3.63, 3.8) is 0 Å². The zero-order chi connectivity index (χ0) is 25.6. The molecule has 4 heterocycles. The number of aryl methyl sites for hydroxylation is 3. The van der Waals surface area contributed by atoms with Gasteiger partial charge in [0.1, 0.15) is 0 Å². The SMILES string of the molecule is CC#CCn1c(N2CCCC(N)C2)nc2c1c(=O)n(Cc1cccc3nc(C)c(C)nc13)c(=O)n2C. The van der Waals surface area contributed by atoms with Crippen molar-refractivity contribution in [2.45, 2.75) is 52.7 Å². The molecule has 1 aromatic carbocycles. The minimum Gasteiger partial charge on any atom is -0.341 e. The lowest BCUT2D eigenvalue weighted by Crippen LogP contribution is -2.44. The highest BCUT2D eigenvalue weighted by molar-refractivity contribution is 5.78. The lowest BCUT2D eigenvalue weighted by Gasteiger charge is -2.31. The lowest BCUT2D eigenvalue weighted by molar-refractivity contribution is 0.496. The van der Waals surface area contributed by atoms with Crippen molar-refractivity contribution in [3.05, 3.63) is 56.0 Å². The van der Waals surface area contributed by atoms with Crippen molar-refractivity contribution < 1.29 is 0 Å². The van der Waals surface area contributed by atoms with Gasteiger partial charge in [-0.05, 0) is 45.2 Å². The number of para-hydroxylation sites is 1. The third kappa shape index (κ3) is 3.95. The normalized spacial score (nSPS) is 15.9. The maximum absolute atomic E-state index is 13.9. The molecule has 4 aromatic rings. The number of anilines is 1. The number of fused-ring (bicyclic) bond motifs is 2. The fourth-order valence-electron chi connectivity index (χ4n) is 4.85. The summed E-state index contributed by atoms with van der Waals surface area (Å²) in [4.78, 5) is 43.4. The molecule has 0 bridgehead atoms. The highest BCUT2D eigenvalue weighted by Gasteiger charge is 2.26. The minimum absolute atomic E-state index is 0.0318. The average Bonchev–Trinajstić information content (AvgIpc) is 3.25. The second-order valence-electron chi connectivity index (χ2n) is 9.36. The van der Waals surface area contributed by atoms with Crippen LogP contribution in [0.4, 0.5) is 5.95 Å². The Kier molecular flexibility index (Phi) is 6.10. The number of imidazole rings is 1. The first kappa shape index (κ1) is 23.8. The van der Waals surface area contributed by atoms with E-state index in [1.807, 2.05) is 36.6 Å². The van der Waals surface area contributed by atoms with Crippen LogP contribution >= 0.6 is 0 Å². The molecule has 0 saturated carbocycles. The quantitative estimate of drug-likeness (QED) is 0.434. The molecule has 5 rings (SSSR count). The molecular weight excluding hydrogens is 456 g/mol. The molecule has 0 aliphatic carbocycles. The first-order valence-corrected chi connectivity index (χ1v) is 12.1. The Balaban J connectivity index is 1.72. The van der Waals surface area contributed by atoms with Gasteiger partial charge in [0.15, 0.2) is 11.2 Å². The van der Waals surface area contributed by atoms with Gasteiger partial charge in [0.25, 0.3) is 5.56 Å². The third-order valence-electron chi connectivity index (χ3n) is 6.88. The summed E-state index contributed by atoms with van der Waals surface area (Å²) in [7, 11) is 1.64. The predicted octanol–water partition coefficient (Wildman–Crippen LogP) is 1.46. The Labute approximate surface area is 208 Å². The Morgan fingerprint density at radius 2 is 1.89 bits per heavy atom. The van der Waals surface area contributed by atoms with Crippen LogP contribution in [0.1, 0.15) is 36.7 Å². The average molecular weight is 487 g/mol. The summed E-state index contributed by atoms with van der Waals surface area (Å²) >= 11 is 0. The molecular formula is C26H30N8O2. The first-order valence-electron chi connectivity index (χ1n) is 12.1. The molecule has 1 saturated heterocycles. The molecule has 2 N–H and O–H groups in total. The zero-order valence-corrected chi connectivity index (χ0v) is 21.1. The third-order valence-corrected chi connectivity index (χ3v) is 6.88. The molecule has 10 nitrogen and oxygen atoms in total. The number of rotatable bonds is 4. The molecule has 0 spiro atoms. The van der Waals surface area contributed by atoms with E-state index in [4.69, 9.17) is 15.7 Å². The number of nitrogens with two attached hydrogens (primary N) is 1. The van der Waals surface area contributed by atoms with E-state index < -0.39 is 11.2 Å². The minimum atomic E-state index is -0.436. The number of nitrogens with zero attached hydrogens (tertiary/aromatic N) is 7. The molecule has 3 aromatic heterocycles. The van der Waals surface area contributed by atoms with E-state index >= 15 is 0 Å². The highest BCUT2D eigenvalue weighted by atomic mass is 16.2. The molecule has 1 atom stereocenters. The van der Waals surface area contributed by atoms with Crippen molar-refractivity contribution in [3.8, 4) is 11.8 Å². The van der Waals surface area contributed by atoms with E-state index in [1.165, 1.54) is 9.13 Å². The maximum Gasteiger partial charge on any atom is 0.332 e. The maximum atomic E-state index is 13.9. The fourth-order valence-corrected chi connectivity index (χ4v) is 4.85. The van der Waals surface area contributed by atoms with Gasteiger partial charge in [-0.25, -0.2) is 14.8 Å². The number of benzene rings is 1. The van der Waals surface area contributed by atoms with Crippen molar-refractivity contribution in [1.82, 2.24) is 28.7 Å². The van der Waals surface area contributed by atoms with Gasteiger partial charge in [-0.2, -0.15) is 4.98 Å². The van der Waals surface area contributed by atoms with Crippen LogP contribution in [0.25, 0.3) is 22.2 Å². The molecule has 10 heteroatoms. The van der Waals surface area contributed by atoms with Crippen molar-refractivity contribution in [2.24, 2.45) is 12.8 Å². The topological polar surface area (TPSA) is 117 Å². The van der Waals surface area contributed by atoms with Crippen LogP contribution in [0.3, 0.4) is 0 Å². The van der Waals surface area contributed by atoms with Crippen molar-refractivity contribution >= 4 is 28.1 Å². The Bertz CT molecular complexity index is 1670. The van der Waals surface area contributed by atoms with Crippen LogP contribution in [0.5, 0.6) is 0 Å². The standard InChI is InChI=1S/C26H30N8O2/c1-5-6-13-33-22-23(30-25(33)32-12-8-10-19(27)15-32)31(4)26(36)34(24(22)35)14-18-9-7-11-20-21(18)29-17(3)16(2)28-20/h7,9,11,19H,8,10,12-15,27H2,1-4H3. The van der Waals surface area contributed by atoms with Crippen LogP contribution in [-0.2, 0) is 20.1 Å². The molecule has 0 radical (unpaired) electrons. The lowest BCUT2D eigenvalue weighted by atomic mass is 10.1. The van der Waals surface area contributed by atoms with Gasteiger partial charge in [0, 0.05) is 26.2 Å². The molecule has 1 unspecified atom stereocenters. The summed E-state index contributed by atoms with van der Waals surface area (Å²) < 4.78 is 4.50. The molecule has 1 aliphatic rings. The van der Waals surface area contributed by atoms with Gasteiger partial charge < -0.3 is 10.6 Å². The number of aromatic nitrogens is 6. The summed E-state index contributed by atoms with van der Waals surface area (Å²) in [5, 5.41) is 0. The van der Waals surface area contributed by atoms with Gasteiger partial charge in [-0.3, -0.25) is 18.5 Å². The van der Waals surface area contributed by atoms with Gasteiger partial charge in [-0.15, -0.1) is 5.92 Å². The van der Waals surface area contributed by atoms with Gasteiger partial charge >= 0.3 is 5.69 Å². The van der Waals surface area contributed by atoms with Crippen molar-refractivity contribution in [2.75, 3.05) is 18.0 Å². The molecule has 1 aliphatic heterocycles. The van der Waals surface area contributed by atoms with E-state index in [-0.39, 0.29) is 12.6 Å². The van der Waals surface area contributed by atoms with Gasteiger partial charge in [0.2, 0.25) is 5.95 Å². The molecule has 36 heavy (non-hydrogen) atoms. The van der Waals surface area contributed by atoms with E-state index in [2.05, 4.69) is 21.7 Å². The monoisotopic (exact) mass is 486 g/mol. The van der Waals surface area contributed by atoms with Crippen LogP contribution in [0, 0.1) is 25.7 Å². The molecule has 1 fully saturated rings. The van der Waals surface area contributed by atoms with Gasteiger partial charge in [-0.1, -0.05) is 18.1 Å². The smallest absolute Gasteiger partial charge is 0.332 e. The Hall–Kier alpha value is -3.97. The summed E-state index contributed by atoms with van der Waals surface area (Å²) in [5.74, 6) is 6.59. The fraction of sp³-hybridized carbons (Fsp3) is 0.423. The van der Waals surface area contributed by atoms with Crippen LogP contribution in [0.15, 0.2) is 27.8 Å². The Morgan fingerprint density at radius 1 is 1.11 bits per heavy atom. The van der Waals surface area contributed by atoms with E-state index in [0.717, 1.165) is 41.9 Å². The van der Waals surface area contributed by atoms with Crippen LogP contribution in [-0.4, -0.2) is 47.8 Å². The van der Waals surface area contributed by atoms with Gasteiger partial charge in [0.05, 0.1) is 35.5 Å². The largest absolute Gasteiger partial charge is 0.341 e. The summed E-state index contributed by atoms with van der Waals surface area (Å²) in [6.45, 7) is 7.36. The zero-order valence-electron chi connectivity index (χ0n) is 21.1. The Morgan fingerprint density at radius 3 is 2.64 bits per heavy atom. The number of hydrogen-bond acceptors (Lipinski definition) is 7. The molecule has 0 amide bonds. The predicted molar refractivity (Wildman–Crippen MR) is 140 cm³/mol. The van der Waals surface area contributed by atoms with E-state index in [1.54, 1.807) is 14.0 Å².